The lowest BCUT2D eigenvalue weighted by Crippen LogP contribution is -2.07. The highest BCUT2D eigenvalue weighted by Gasteiger charge is 2.26. The van der Waals surface area contributed by atoms with E-state index in [1.807, 2.05) is 37.3 Å². The third kappa shape index (κ3) is 3.86. The Balaban J connectivity index is 1.34. The number of aryl methyl sites for hydroxylation is 1. The van der Waals surface area contributed by atoms with Crippen LogP contribution in [0.25, 0.3) is 21.3 Å². The van der Waals surface area contributed by atoms with Crippen LogP contribution >= 0.6 is 11.3 Å². The summed E-state index contributed by atoms with van der Waals surface area (Å²) in [7, 11) is 0. The van der Waals surface area contributed by atoms with Crippen molar-refractivity contribution in [2.75, 3.05) is 6.61 Å². The van der Waals surface area contributed by atoms with E-state index in [2.05, 4.69) is 30.3 Å². The quantitative estimate of drug-likeness (QED) is 0.418. The molecular formula is C25H21NO4S. The summed E-state index contributed by atoms with van der Waals surface area (Å²) < 4.78 is 11.7. The predicted octanol–water partition coefficient (Wildman–Crippen LogP) is 5.80. The zero-order valence-corrected chi connectivity index (χ0v) is 17.8. The molecule has 1 unspecified atom stereocenters. The number of carboxylic acids is 1. The second-order valence-electron chi connectivity index (χ2n) is 7.65. The first-order chi connectivity index (χ1) is 15.1. The molecule has 156 valence electrons. The highest BCUT2D eigenvalue weighted by atomic mass is 32.1. The number of nitrogens with zero attached hydrogens (tertiary/aromatic N) is 1. The van der Waals surface area contributed by atoms with E-state index in [9.17, 15) is 4.79 Å². The van der Waals surface area contributed by atoms with E-state index in [-0.39, 0.29) is 12.3 Å². The van der Waals surface area contributed by atoms with Crippen molar-refractivity contribution in [3.05, 3.63) is 76.8 Å². The molecule has 1 aromatic heterocycles. The Labute approximate surface area is 183 Å². The maximum atomic E-state index is 11.0. The first kappa shape index (κ1) is 19.6. The maximum Gasteiger partial charge on any atom is 0.304 e. The number of ether oxygens (including phenoxy) is 2. The second-order valence-corrected chi connectivity index (χ2v) is 8.73. The molecule has 0 spiro atoms. The Kier molecular flexibility index (Phi) is 5.08. The minimum absolute atomic E-state index is 0.0736. The van der Waals surface area contributed by atoms with Gasteiger partial charge in [-0.25, -0.2) is 4.98 Å². The maximum absolute atomic E-state index is 11.0. The Morgan fingerprint density at radius 1 is 1.19 bits per heavy atom. The number of fused-ring (bicyclic) bond motifs is 2. The topological polar surface area (TPSA) is 68.7 Å². The van der Waals surface area contributed by atoms with Crippen molar-refractivity contribution in [2.24, 2.45) is 0 Å². The Morgan fingerprint density at radius 3 is 2.90 bits per heavy atom. The molecule has 0 saturated carbocycles. The van der Waals surface area contributed by atoms with Crippen molar-refractivity contribution < 1.29 is 19.4 Å². The molecule has 1 aliphatic rings. The van der Waals surface area contributed by atoms with Gasteiger partial charge in [0.2, 0.25) is 0 Å². The summed E-state index contributed by atoms with van der Waals surface area (Å²) >= 11 is 1.65. The van der Waals surface area contributed by atoms with Gasteiger partial charge in [0.05, 0.1) is 23.6 Å². The molecule has 0 fully saturated rings. The summed E-state index contributed by atoms with van der Waals surface area (Å²) in [6, 6.07) is 20.2. The monoisotopic (exact) mass is 431 g/mol. The number of carbonyl (C=O) groups is 1. The summed E-state index contributed by atoms with van der Waals surface area (Å²) in [4.78, 5) is 16.9. The van der Waals surface area contributed by atoms with Gasteiger partial charge in [0.1, 0.15) is 23.1 Å². The molecule has 0 aliphatic carbocycles. The molecule has 1 aliphatic heterocycles. The molecule has 5 nitrogen and oxygen atoms in total. The fourth-order valence-electron chi connectivity index (χ4n) is 3.96. The molecule has 0 amide bonds. The SMILES string of the molecule is Cc1nc(-c2cccc3ccccc23)sc1COc1ccc2c(c1)OCC2CC(=O)O. The van der Waals surface area contributed by atoms with Gasteiger partial charge in [-0.1, -0.05) is 48.5 Å². The molecule has 1 atom stereocenters. The summed E-state index contributed by atoms with van der Waals surface area (Å²) in [5, 5.41) is 12.4. The van der Waals surface area contributed by atoms with Crippen LogP contribution in [-0.2, 0) is 11.4 Å². The van der Waals surface area contributed by atoms with Gasteiger partial charge >= 0.3 is 5.97 Å². The smallest absolute Gasteiger partial charge is 0.304 e. The lowest BCUT2D eigenvalue weighted by molar-refractivity contribution is -0.137. The Hall–Kier alpha value is -3.38. The summed E-state index contributed by atoms with van der Waals surface area (Å²) in [5.74, 6) is 0.494. The first-order valence-electron chi connectivity index (χ1n) is 10.1. The summed E-state index contributed by atoms with van der Waals surface area (Å²) in [6.07, 6.45) is 0.0736. The van der Waals surface area contributed by atoms with E-state index >= 15 is 0 Å². The minimum Gasteiger partial charge on any atom is -0.492 e. The van der Waals surface area contributed by atoms with Gasteiger partial charge in [-0.2, -0.15) is 0 Å². The number of hydrogen-bond donors (Lipinski definition) is 1. The van der Waals surface area contributed by atoms with Crippen LogP contribution in [0.15, 0.2) is 60.7 Å². The van der Waals surface area contributed by atoms with Crippen LogP contribution in [0.1, 0.15) is 28.5 Å². The molecule has 3 aromatic carbocycles. The lowest BCUT2D eigenvalue weighted by atomic mass is 9.98. The molecule has 2 heterocycles. The van der Waals surface area contributed by atoms with Crippen molar-refractivity contribution in [3.8, 4) is 22.1 Å². The van der Waals surface area contributed by atoms with Crippen molar-refractivity contribution in [3.63, 3.8) is 0 Å². The van der Waals surface area contributed by atoms with Crippen LogP contribution in [0.2, 0.25) is 0 Å². The van der Waals surface area contributed by atoms with Crippen LogP contribution in [0.4, 0.5) is 0 Å². The molecule has 0 radical (unpaired) electrons. The molecule has 0 bridgehead atoms. The van der Waals surface area contributed by atoms with Gasteiger partial charge < -0.3 is 14.6 Å². The first-order valence-corrected chi connectivity index (χ1v) is 11.0. The Bertz CT molecular complexity index is 1270. The zero-order valence-electron chi connectivity index (χ0n) is 17.0. The van der Waals surface area contributed by atoms with E-state index in [1.165, 1.54) is 10.8 Å². The van der Waals surface area contributed by atoms with Gasteiger partial charge in [-0.3, -0.25) is 4.79 Å². The standard InChI is InChI=1S/C25H21NO4S/c1-15-23(31-25(26-15)21-8-4-6-16-5-2-3-7-19(16)21)14-29-18-9-10-20-17(11-24(27)28)13-30-22(20)12-18/h2-10,12,17H,11,13-14H2,1H3,(H,27,28). The largest absolute Gasteiger partial charge is 0.492 e. The fraction of sp³-hybridized carbons (Fsp3) is 0.200. The van der Waals surface area contributed by atoms with E-state index in [0.717, 1.165) is 26.7 Å². The van der Waals surface area contributed by atoms with E-state index < -0.39 is 5.97 Å². The van der Waals surface area contributed by atoms with E-state index in [1.54, 1.807) is 11.3 Å². The molecular weight excluding hydrogens is 410 g/mol. The third-order valence-corrected chi connectivity index (χ3v) is 6.73. The summed E-state index contributed by atoms with van der Waals surface area (Å²) in [5.41, 5.74) is 3.03. The van der Waals surface area contributed by atoms with Crippen molar-refractivity contribution in [1.82, 2.24) is 4.98 Å². The number of rotatable bonds is 6. The van der Waals surface area contributed by atoms with Crippen LogP contribution in [-0.4, -0.2) is 22.7 Å². The molecule has 0 saturated heterocycles. The van der Waals surface area contributed by atoms with Crippen LogP contribution < -0.4 is 9.47 Å². The van der Waals surface area contributed by atoms with Crippen molar-refractivity contribution >= 4 is 28.1 Å². The van der Waals surface area contributed by atoms with Gasteiger partial charge in [0.15, 0.2) is 0 Å². The van der Waals surface area contributed by atoms with Gasteiger partial charge in [0, 0.05) is 23.1 Å². The van der Waals surface area contributed by atoms with E-state index in [4.69, 9.17) is 19.6 Å². The van der Waals surface area contributed by atoms with Crippen molar-refractivity contribution in [2.45, 2.75) is 25.9 Å². The lowest BCUT2D eigenvalue weighted by Gasteiger charge is -2.08. The number of carboxylic acid groups (broad SMARTS) is 1. The number of hydrogen-bond acceptors (Lipinski definition) is 5. The Morgan fingerprint density at radius 2 is 2.03 bits per heavy atom. The van der Waals surface area contributed by atoms with Crippen molar-refractivity contribution in [1.29, 1.82) is 0 Å². The predicted molar refractivity (Wildman–Crippen MR) is 121 cm³/mol. The minimum atomic E-state index is -0.815. The average molecular weight is 432 g/mol. The fourth-order valence-corrected chi connectivity index (χ4v) is 4.98. The highest BCUT2D eigenvalue weighted by Crippen LogP contribution is 2.39. The van der Waals surface area contributed by atoms with Gasteiger partial charge in [-0.05, 0) is 23.8 Å². The molecule has 31 heavy (non-hydrogen) atoms. The van der Waals surface area contributed by atoms with Crippen LogP contribution in [0, 0.1) is 6.92 Å². The zero-order chi connectivity index (χ0) is 21.4. The number of aromatic nitrogens is 1. The normalized spacial score (nSPS) is 14.9. The second kappa shape index (κ2) is 8.04. The molecule has 6 heteroatoms. The molecule has 5 rings (SSSR count). The highest BCUT2D eigenvalue weighted by molar-refractivity contribution is 7.15. The number of thiazole rings is 1. The molecule has 4 aromatic rings. The van der Waals surface area contributed by atoms with Crippen LogP contribution in [0.5, 0.6) is 11.5 Å². The van der Waals surface area contributed by atoms with Gasteiger partial charge in [-0.15, -0.1) is 11.3 Å². The molecule has 1 N–H and O–H groups in total. The average Bonchev–Trinajstić information content (AvgIpc) is 3.34. The number of benzene rings is 3. The third-order valence-electron chi connectivity index (χ3n) is 5.57. The van der Waals surface area contributed by atoms with Gasteiger partial charge in [0.25, 0.3) is 0 Å². The van der Waals surface area contributed by atoms with E-state index in [0.29, 0.717) is 24.7 Å². The number of aliphatic carboxylic acids is 1. The summed E-state index contributed by atoms with van der Waals surface area (Å²) in [6.45, 7) is 2.82. The van der Waals surface area contributed by atoms with Crippen LogP contribution in [0.3, 0.4) is 0 Å².